The Balaban J connectivity index is 1.81. The topological polar surface area (TPSA) is 49.0 Å². The number of rotatable bonds is 3. The molecule has 1 aliphatic rings. The summed E-state index contributed by atoms with van der Waals surface area (Å²) in [6.07, 6.45) is 8.28. The van der Waals surface area contributed by atoms with Crippen LogP contribution in [0.2, 0.25) is 0 Å². The van der Waals surface area contributed by atoms with Crippen molar-refractivity contribution < 1.29 is 4.79 Å². The monoisotopic (exact) mass is 269 g/mol. The molecule has 2 heterocycles. The van der Waals surface area contributed by atoms with E-state index in [-0.39, 0.29) is 5.91 Å². The number of imidazole rings is 1. The molecule has 0 saturated carbocycles. The molecule has 0 atom stereocenters. The molecule has 1 aromatic carbocycles. The number of aromatic nitrogens is 2. The normalized spacial score (nSPS) is 16.2. The van der Waals surface area contributed by atoms with Gasteiger partial charge in [0.25, 0.3) is 0 Å². The summed E-state index contributed by atoms with van der Waals surface area (Å²) in [4.78, 5) is 21.2. The molecule has 4 heteroatoms. The minimum atomic E-state index is 0.251. The third-order valence-electron chi connectivity index (χ3n) is 3.75. The highest BCUT2D eigenvalue weighted by molar-refractivity contribution is 5.93. The number of carbonyl (C=O) groups is 1. The SMILES string of the molecule is O=C1CCCCCN1c1cccc(Cc2cnc[nH]2)c1. The summed E-state index contributed by atoms with van der Waals surface area (Å²) in [7, 11) is 0. The van der Waals surface area contributed by atoms with Crippen LogP contribution in [0.3, 0.4) is 0 Å². The van der Waals surface area contributed by atoms with Crippen molar-refractivity contribution in [1.82, 2.24) is 9.97 Å². The molecule has 1 aliphatic heterocycles. The first-order chi connectivity index (χ1) is 9.83. The Morgan fingerprint density at radius 3 is 3.05 bits per heavy atom. The summed E-state index contributed by atoms with van der Waals surface area (Å²) < 4.78 is 0. The summed E-state index contributed by atoms with van der Waals surface area (Å²) in [6.45, 7) is 0.840. The third-order valence-corrected chi connectivity index (χ3v) is 3.75. The second-order valence-corrected chi connectivity index (χ2v) is 5.28. The highest BCUT2D eigenvalue weighted by Gasteiger charge is 2.18. The molecule has 20 heavy (non-hydrogen) atoms. The molecule has 0 radical (unpaired) electrons. The molecule has 0 bridgehead atoms. The molecule has 1 amide bonds. The molecule has 2 aromatic rings. The van der Waals surface area contributed by atoms with Crippen molar-refractivity contribution >= 4 is 11.6 Å². The molecule has 1 saturated heterocycles. The predicted molar refractivity (Wildman–Crippen MR) is 78.7 cm³/mol. The van der Waals surface area contributed by atoms with Gasteiger partial charge in [0.05, 0.1) is 6.33 Å². The second kappa shape index (κ2) is 5.90. The number of hydrogen-bond donors (Lipinski definition) is 1. The number of nitrogens with one attached hydrogen (secondary N) is 1. The molecule has 0 spiro atoms. The molecule has 1 N–H and O–H groups in total. The minimum absolute atomic E-state index is 0.251. The van der Waals surface area contributed by atoms with Gasteiger partial charge >= 0.3 is 0 Å². The minimum Gasteiger partial charge on any atom is -0.348 e. The van der Waals surface area contributed by atoms with Crippen LogP contribution in [0.5, 0.6) is 0 Å². The van der Waals surface area contributed by atoms with Crippen LogP contribution >= 0.6 is 0 Å². The summed E-state index contributed by atoms with van der Waals surface area (Å²) in [5.41, 5.74) is 3.31. The van der Waals surface area contributed by atoms with Crippen LogP contribution < -0.4 is 4.90 Å². The van der Waals surface area contributed by atoms with E-state index in [0.29, 0.717) is 6.42 Å². The van der Waals surface area contributed by atoms with Crippen LogP contribution in [-0.2, 0) is 11.2 Å². The first-order valence-electron chi connectivity index (χ1n) is 7.19. The second-order valence-electron chi connectivity index (χ2n) is 5.28. The van der Waals surface area contributed by atoms with Gasteiger partial charge in [-0.1, -0.05) is 18.6 Å². The fraction of sp³-hybridized carbons (Fsp3) is 0.375. The number of anilines is 1. The van der Waals surface area contributed by atoms with E-state index >= 15 is 0 Å². The van der Waals surface area contributed by atoms with Gasteiger partial charge < -0.3 is 9.88 Å². The molecule has 0 aliphatic carbocycles. The lowest BCUT2D eigenvalue weighted by Crippen LogP contribution is -2.29. The zero-order valence-electron chi connectivity index (χ0n) is 11.5. The van der Waals surface area contributed by atoms with Gasteiger partial charge in [-0.2, -0.15) is 0 Å². The van der Waals surface area contributed by atoms with E-state index in [4.69, 9.17) is 0 Å². The molecule has 0 unspecified atom stereocenters. The van der Waals surface area contributed by atoms with Crippen molar-refractivity contribution in [2.24, 2.45) is 0 Å². The maximum Gasteiger partial charge on any atom is 0.226 e. The summed E-state index contributed by atoms with van der Waals surface area (Å²) in [6, 6.07) is 8.26. The van der Waals surface area contributed by atoms with E-state index in [1.54, 1.807) is 6.33 Å². The Labute approximate surface area is 118 Å². The van der Waals surface area contributed by atoms with Gasteiger partial charge in [0.15, 0.2) is 0 Å². The fourth-order valence-electron chi connectivity index (χ4n) is 2.69. The van der Waals surface area contributed by atoms with Crippen LogP contribution in [0.1, 0.15) is 36.9 Å². The lowest BCUT2D eigenvalue weighted by molar-refractivity contribution is -0.118. The van der Waals surface area contributed by atoms with E-state index in [0.717, 1.165) is 43.6 Å². The Morgan fingerprint density at radius 1 is 1.25 bits per heavy atom. The standard InChI is InChI=1S/C16H19N3O/c20-16-7-2-1-3-8-19(16)15-6-4-5-13(10-15)9-14-11-17-12-18-14/h4-6,10-12H,1-3,7-9H2,(H,17,18). The van der Waals surface area contributed by atoms with Crippen LogP contribution in [0.25, 0.3) is 0 Å². The number of H-pyrrole nitrogens is 1. The maximum atomic E-state index is 12.2. The fourth-order valence-corrected chi connectivity index (χ4v) is 2.69. The lowest BCUT2D eigenvalue weighted by Gasteiger charge is -2.21. The average molecular weight is 269 g/mol. The lowest BCUT2D eigenvalue weighted by atomic mass is 10.1. The molecular formula is C16H19N3O. The highest BCUT2D eigenvalue weighted by Crippen LogP contribution is 2.22. The average Bonchev–Trinajstić information content (AvgIpc) is 2.86. The first-order valence-corrected chi connectivity index (χ1v) is 7.19. The number of aromatic amines is 1. The van der Waals surface area contributed by atoms with Gasteiger partial charge in [-0.3, -0.25) is 4.79 Å². The van der Waals surface area contributed by atoms with E-state index in [1.807, 2.05) is 23.2 Å². The van der Waals surface area contributed by atoms with Crippen molar-refractivity contribution in [2.75, 3.05) is 11.4 Å². The zero-order chi connectivity index (χ0) is 13.8. The van der Waals surface area contributed by atoms with E-state index in [9.17, 15) is 4.79 Å². The number of nitrogens with zero attached hydrogens (tertiary/aromatic N) is 2. The van der Waals surface area contributed by atoms with Gasteiger partial charge in [0, 0.05) is 37.0 Å². The maximum absolute atomic E-state index is 12.2. The smallest absolute Gasteiger partial charge is 0.226 e. The van der Waals surface area contributed by atoms with E-state index in [1.165, 1.54) is 5.56 Å². The Hall–Kier alpha value is -2.10. The predicted octanol–water partition coefficient (Wildman–Crippen LogP) is 2.91. The van der Waals surface area contributed by atoms with Crippen LogP contribution in [-0.4, -0.2) is 22.4 Å². The van der Waals surface area contributed by atoms with Crippen molar-refractivity contribution in [3.63, 3.8) is 0 Å². The van der Waals surface area contributed by atoms with Crippen LogP contribution in [0.4, 0.5) is 5.69 Å². The molecule has 1 aromatic heterocycles. The Bertz CT molecular complexity index is 577. The van der Waals surface area contributed by atoms with Gasteiger partial charge in [0.2, 0.25) is 5.91 Å². The van der Waals surface area contributed by atoms with Gasteiger partial charge in [-0.05, 0) is 30.5 Å². The van der Waals surface area contributed by atoms with Crippen LogP contribution in [0, 0.1) is 0 Å². The Morgan fingerprint density at radius 2 is 2.20 bits per heavy atom. The Kier molecular flexibility index (Phi) is 3.81. The third kappa shape index (κ3) is 2.90. The summed E-state index contributed by atoms with van der Waals surface area (Å²) in [5, 5.41) is 0. The summed E-state index contributed by atoms with van der Waals surface area (Å²) in [5.74, 6) is 0.251. The molecular weight excluding hydrogens is 250 g/mol. The molecule has 104 valence electrons. The zero-order valence-corrected chi connectivity index (χ0v) is 11.5. The quantitative estimate of drug-likeness (QED) is 0.931. The van der Waals surface area contributed by atoms with Crippen molar-refractivity contribution in [1.29, 1.82) is 0 Å². The molecule has 3 rings (SSSR count). The molecule has 4 nitrogen and oxygen atoms in total. The van der Waals surface area contributed by atoms with Gasteiger partial charge in [0.1, 0.15) is 0 Å². The van der Waals surface area contributed by atoms with Crippen LogP contribution in [0.15, 0.2) is 36.8 Å². The number of amides is 1. The number of hydrogen-bond acceptors (Lipinski definition) is 2. The molecule has 1 fully saturated rings. The highest BCUT2D eigenvalue weighted by atomic mass is 16.2. The van der Waals surface area contributed by atoms with Crippen molar-refractivity contribution in [3.05, 3.63) is 48.0 Å². The number of carbonyl (C=O) groups excluding carboxylic acids is 1. The largest absolute Gasteiger partial charge is 0.348 e. The summed E-state index contributed by atoms with van der Waals surface area (Å²) >= 11 is 0. The van der Waals surface area contributed by atoms with Gasteiger partial charge in [-0.25, -0.2) is 4.98 Å². The van der Waals surface area contributed by atoms with Gasteiger partial charge in [-0.15, -0.1) is 0 Å². The van der Waals surface area contributed by atoms with E-state index < -0.39 is 0 Å². The number of benzene rings is 1. The first kappa shape index (κ1) is 12.9. The van der Waals surface area contributed by atoms with E-state index in [2.05, 4.69) is 22.1 Å². The van der Waals surface area contributed by atoms with Crippen molar-refractivity contribution in [3.8, 4) is 0 Å². The van der Waals surface area contributed by atoms with Crippen molar-refractivity contribution in [2.45, 2.75) is 32.1 Å².